The number of likely N-dealkylation sites (tertiary alicyclic amines) is 1. The maximum atomic E-state index is 14.6. The number of carbonyl (C=O) groups excluding carboxylic acids is 4. The smallest absolute Gasteiger partial charge is 0.323 e. The lowest BCUT2D eigenvalue weighted by atomic mass is 9.78. The molecule has 0 spiro atoms. The van der Waals surface area contributed by atoms with Crippen molar-refractivity contribution < 1.29 is 29.1 Å². The molecular weight excluding hydrogens is 636 g/mol. The van der Waals surface area contributed by atoms with Crippen LogP contribution in [0.1, 0.15) is 63.5 Å². The first-order valence-electron chi connectivity index (χ1n) is 17.8. The molecule has 2 aromatic carbocycles. The third-order valence-corrected chi connectivity index (χ3v) is 9.45. The van der Waals surface area contributed by atoms with Gasteiger partial charge in [-0.05, 0) is 75.0 Å². The molecule has 1 fully saturated rings. The van der Waals surface area contributed by atoms with Gasteiger partial charge in [-0.3, -0.25) is 24.0 Å². The number of aliphatic carboxylic acids is 1. The van der Waals surface area contributed by atoms with Gasteiger partial charge in [0.15, 0.2) is 11.6 Å². The summed E-state index contributed by atoms with van der Waals surface area (Å²) in [6.45, 7) is 5.15. The van der Waals surface area contributed by atoms with Gasteiger partial charge in [-0.1, -0.05) is 74.5 Å². The topological polar surface area (TPSA) is 211 Å². The Hall–Kier alpha value is -3.97. The Morgan fingerprint density at radius 2 is 1.38 bits per heavy atom. The minimum absolute atomic E-state index is 0.0696. The first-order chi connectivity index (χ1) is 23.9. The van der Waals surface area contributed by atoms with Gasteiger partial charge in [-0.15, -0.1) is 0 Å². The third kappa shape index (κ3) is 11.8. The van der Waals surface area contributed by atoms with Crippen LogP contribution in [0.3, 0.4) is 0 Å². The number of amides is 2. The second kappa shape index (κ2) is 20.0. The van der Waals surface area contributed by atoms with Crippen LogP contribution in [0.25, 0.3) is 0 Å². The van der Waals surface area contributed by atoms with E-state index in [1.807, 2.05) is 74.5 Å². The first-order valence-corrected chi connectivity index (χ1v) is 17.8. The highest BCUT2D eigenvalue weighted by molar-refractivity contribution is 6.13. The number of rotatable bonds is 21. The molecule has 1 saturated heterocycles. The van der Waals surface area contributed by atoms with E-state index in [2.05, 4.69) is 10.6 Å². The van der Waals surface area contributed by atoms with Crippen molar-refractivity contribution in [1.29, 1.82) is 0 Å². The molecule has 274 valence electrons. The van der Waals surface area contributed by atoms with Crippen molar-refractivity contribution in [3.63, 3.8) is 0 Å². The third-order valence-electron chi connectivity index (χ3n) is 9.45. The summed E-state index contributed by atoms with van der Waals surface area (Å²) in [4.78, 5) is 70.3. The van der Waals surface area contributed by atoms with Crippen molar-refractivity contribution in [3.8, 4) is 0 Å². The van der Waals surface area contributed by atoms with Crippen LogP contribution in [0.15, 0.2) is 60.7 Å². The standard InChI is InChI=1S/C38H56N6O6/c1-26(2)23-30(35(47)43-31(15-9-10-18-39)36(48)44-21-16-38(41,17-22-44)37(49)50)33(45)29(24-27-11-5-3-6-12-27)34(46)32(42-20-19-40)25-28-13-7-4-8-14-28/h3-8,11-14,26,29-32,42H,9-10,15-25,39-41H2,1-2H3,(H,43,47)(H,49,50)/t29-,30-,31-,32-/m1/s1. The number of nitrogens with zero attached hydrogens (tertiary/aromatic N) is 1. The SMILES string of the molecule is CC(C)C[C@@H](C(=O)N[C@H](CCCCN)C(=O)N1CCC(N)(C(=O)O)CC1)C(=O)[C@@H](Cc1ccccc1)C(=O)[C@@H](Cc1ccccc1)NCCN. The van der Waals surface area contributed by atoms with Gasteiger partial charge >= 0.3 is 5.97 Å². The lowest BCUT2D eigenvalue weighted by Crippen LogP contribution is -2.59. The molecule has 12 nitrogen and oxygen atoms in total. The van der Waals surface area contributed by atoms with Crippen LogP contribution in [0, 0.1) is 17.8 Å². The fraction of sp³-hybridized carbons (Fsp3) is 0.553. The van der Waals surface area contributed by atoms with Crippen LogP contribution in [-0.4, -0.2) is 89.7 Å². The summed E-state index contributed by atoms with van der Waals surface area (Å²) in [7, 11) is 0. The molecule has 9 N–H and O–H groups in total. The quantitative estimate of drug-likeness (QED) is 0.0825. The van der Waals surface area contributed by atoms with Gasteiger partial charge in [0.25, 0.3) is 0 Å². The van der Waals surface area contributed by atoms with E-state index in [9.17, 15) is 29.1 Å². The molecule has 4 atom stereocenters. The highest BCUT2D eigenvalue weighted by Crippen LogP contribution is 2.25. The van der Waals surface area contributed by atoms with Gasteiger partial charge in [-0.25, -0.2) is 0 Å². The number of nitrogens with two attached hydrogens (primary N) is 3. The van der Waals surface area contributed by atoms with Crippen molar-refractivity contribution in [2.24, 2.45) is 35.0 Å². The van der Waals surface area contributed by atoms with Crippen LogP contribution in [0.2, 0.25) is 0 Å². The van der Waals surface area contributed by atoms with Crippen LogP contribution in [-0.2, 0) is 36.8 Å². The molecule has 2 aromatic rings. The Bertz CT molecular complexity index is 1400. The lowest BCUT2D eigenvalue weighted by molar-refractivity contribution is -0.148. The van der Waals surface area contributed by atoms with E-state index in [0.29, 0.717) is 45.3 Å². The number of hydrogen-bond donors (Lipinski definition) is 6. The lowest BCUT2D eigenvalue weighted by Gasteiger charge is -2.38. The van der Waals surface area contributed by atoms with Crippen molar-refractivity contribution in [2.75, 3.05) is 32.7 Å². The Morgan fingerprint density at radius 3 is 1.90 bits per heavy atom. The van der Waals surface area contributed by atoms with Gasteiger partial charge in [0, 0.05) is 26.2 Å². The van der Waals surface area contributed by atoms with Crippen molar-refractivity contribution >= 4 is 29.4 Å². The summed E-state index contributed by atoms with van der Waals surface area (Å²) in [5, 5.41) is 15.7. The number of ketones is 2. The molecule has 50 heavy (non-hydrogen) atoms. The first kappa shape index (κ1) is 40.5. The zero-order valence-electron chi connectivity index (χ0n) is 29.5. The van der Waals surface area contributed by atoms with Crippen LogP contribution >= 0.6 is 0 Å². The Kier molecular flexibility index (Phi) is 16.2. The number of carboxylic acids is 1. The zero-order valence-corrected chi connectivity index (χ0v) is 29.5. The number of hydrogen-bond acceptors (Lipinski definition) is 9. The highest BCUT2D eigenvalue weighted by atomic mass is 16.4. The van der Waals surface area contributed by atoms with Gasteiger partial charge in [0.2, 0.25) is 11.8 Å². The second-order valence-electron chi connectivity index (χ2n) is 13.8. The Labute approximate surface area is 295 Å². The van der Waals surface area contributed by atoms with Gasteiger partial charge < -0.3 is 37.8 Å². The van der Waals surface area contributed by atoms with E-state index < -0.39 is 47.1 Å². The number of Topliss-reactive ketones (excluding diaryl/α,β-unsaturated/α-hetero) is 2. The number of carbonyl (C=O) groups is 5. The van der Waals surface area contributed by atoms with Gasteiger partial charge in [-0.2, -0.15) is 0 Å². The number of piperidine rings is 1. The summed E-state index contributed by atoms with van der Waals surface area (Å²) >= 11 is 0. The van der Waals surface area contributed by atoms with E-state index in [4.69, 9.17) is 17.2 Å². The molecule has 2 amide bonds. The fourth-order valence-electron chi connectivity index (χ4n) is 6.46. The molecular formula is C38H56N6O6. The number of unbranched alkanes of at least 4 members (excludes halogenated alkanes) is 1. The van der Waals surface area contributed by atoms with Crippen molar-refractivity contribution in [3.05, 3.63) is 71.8 Å². The molecule has 0 saturated carbocycles. The van der Waals surface area contributed by atoms with E-state index in [1.54, 1.807) is 0 Å². The summed E-state index contributed by atoms with van der Waals surface area (Å²) in [5.74, 6) is -5.27. The Balaban J connectivity index is 1.93. The predicted octanol–water partition coefficient (Wildman–Crippen LogP) is 1.82. The fourth-order valence-corrected chi connectivity index (χ4v) is 6.46. The van der Waals surface area contributed by atoms with Crippen LogP contribution in [0.4, 0.5) is 0 Å². The van der Waals surface area contributed by atoms with Crippen molar-refractivity contribution in [2.45, 2.75) is 82.8 Å². The summed E-state index contributed by atoms with van der Waals surface area (Å²) in [6.07, 6.45) is 2.29. The molecule has 0 aromatic heterocycles. The molecule has 0 aliphatic carbocycles. The van der Waals surface area contributed by atoms with Crippen LogP contribution < -0.4 is 27.8 Å². The van der Waals surface area contributed by atoms with E-state index in [1.165, 1.54) is 4.90 Å². The summed E-state index contributed by atoms with van der Waals surface area (Å²) in [6, 6.07) is 17.1. The molecule has 1 heterocycles. The van der Waals surface area contributed by atoms with E-state index in [0.717, 1.165) is 11.1 Å². The molecule has 3 rings (SSSR count). The van der Waals surface area contributed by atoms with E-state index in [-0.39, 0.29) is 56.4 Å². The van der Waals surface area contributed by atoms with Crippen molar-refractivity contribution in [1.82, 2.24) is 15.5 Å². The predicted molar refractivity (Wildman–Crippen MR) is 193 cm³/mol. The minimum atomic E-state index is -1.42. The van der Waals surface area contributed by atoms with Gasteiger partial charge in [0.05, 0.1) is 17.9 Å². The maximum absolute atomic E-state index is 14.6. The normalized spacial score (nSPS) is 16.6. The minimum Gasteiger partial charge on any atom is -0.480 e. The Morgan fingerprint density at radius 1 is 0.800 bits per heavy atom. The van der Waals surface area contributed by atoms with Crippen LogP contribution in [0.5, 0.6) is 0 Å². The average Bonchev–Trinajstić information content (AvgIpc) is 3.11. The summed E-state index contributed by atoms with van der Waals surface area (Å²) in [5.41, 5.74) is 17.9. The summed E-state index contributed by atoms with van der Waals surface area (Å²) < 4.78 is 0. The molecule has 0 unspecified atom stereocenters. The molecule has 1 aliphatic heterocycles. The second-order valence-corrected chi connectivity index (χ2v) is 13.8. The highest BCUT2D eigenvalue weighted by Gasteiger charge is 2.42. The average molecular weight is 693 g/mol. The van der Waals surface area contributed by atoms with Gasteiger partial charge in [0.1, 0.15) is 11.6 Å². The monoisotopic (exact) mass is 692 g/mol. The molecule has 0 radical (unpaired) electrons. The number of benzene rings is 2. The number of carboxylic acid groups (broad SMARTS) is 1. The molecule has 12 heteroatoms. The maximum Gasteiger partial charge on any atom is 0.323 e. The van der Waals surface area contributed by atoms with E-state index >= 15 is 0 Å². The number of nitrogens with one attached hydrogen (secondary N) is 2. The zero-order chi connectivity index (χ0) is 36.7. The molecule has 0 bridgehead atoms. The molecule has 1 aliphatic rings. The largest absolute Gasteiger partial charge is 0.480 e.